The van der Waals surface area contributed by atoms with Crippen LogP contribution >= 0.6 is 0 Å². The second kappa shape index (κ2) is 4.19. The minimum absolute atomic E-state index is 0.417. The van der Waals surface area contributed by atoms with Crippen molar-refractivity contribution in [3.05, 3.63) is 35.9 Å². The molecule has 3 rings (SSSR count). The molecule has 0 N–H and O–H groups in total. The molecule has 1 aliphatic heterocycles. The van der Waals surface area contributed by atoms with Crippen LogP contribution in [0.4, 0.5) is 0 Å². The molecule has 0 radical (unpaired) electrons. The average molecular weight is 217 g/mol. The molecule has 86 valence electrons. The topological polar surface area (TPSA) is 12.5 Å². The van der Waals surface area contributed by atoms with Crippen molar-refractivity contribution in [1.29, 1.82) is 0 Å². The summed E-state index contributed by atoms with van der Waals surface area (Å²) in [5.41, 5.74) is 1.44. The second-order valence-electron chi connectivity index (χ2n) is 4.87. The molecule has 1 saturated heterocycles. The molecule has 2 nitrogen and oxygen atoms in total. The SMILES string of the molecule is COC1C(c2ccccc2)C1N1CCCC1. The standard InChI is InChI=1S/C14H19NO/c1-16-14-12(11-7-3-2-4-8-11)13(14)15-9-5-6-10-15/h2-4,7-8,12-14H,5-6,9-10H2,1H3. The zero-order valence-corrected chi connectivity index (χ0v) is 9.80. The third-order valence-corrected chi connectivity index (χ3v) is 3.94. The Labute approximate surface area is 97.2 Å². The summed E-state index contributed by atoms with van der Waals surface area (Å²) in [4.78, 5) is 2.60. The first-order valence-corrected chi connectivity index (χ1v) is 6.23. The molecule has 16 heavy (non-hydrogen) atoms. The minimum Gasteiger partial charge on any atom is -0.379 e. The van der Waals surface area contributed by atoms with Gasteiger partial charge in [-0.1, -0.05) is 30.3 Å². The molecule has 1 aromatic carbocycles. The van der Waals surface area contributed by atoms with Crippen LogP contribution < -0.4 is 0 Å². The van der Waals surface area contributed by atoms with Crippen molar-refractivity contribution in [2.24, 2.45) is 0 Å². The van der Waals surface area contributed by atoms with Crippen LogP contribution in [0.15, 0.2) is 30.3 Å². The molecule has 1 aromatic rings. The number of rotatable bonds is 3. The van der Waals surface area contributed by atoms with Crippen molar-refractivity contribution in [3.63, 3.8) is 0 Å². The summed E-state index contributed by atoms with van der Waals surface area (Å²) in [6.45, 7) is 2.52. The zero-order chi connectivity index (χ0) is 11.0. The van der Waals surface area contributed by atoms with Crippen molar-refractivity contribution >= 4 is 0 Å². The van der Waals surface area contributed by atoms with Gasteiger partial charge >= 0.3 is 0 Å². The third kappa shape index (κ3) is 1.66. The summed E-state index contributed by atoms with van der Waals surface area (Å²) in [5, 5.41) is 0. The molecule has 0 amide bonds. The fourth-order valence-electron chi connectivity index (χ4n) is 3.09. The van der Waals surface area contributed by atoms with Gasteiger partial charge in [-0.15, -0.1) is 0 Å². The van der Waals surface area contributed by atoms with E-state index in [0.29, 0.717) is 18.1 Å². The Bertz CT molecular complexity index is 345. The maximum Gasteiger partial charge on any atom is 0.0817 e. The quantitative estimate of drug-likeness (QED) is 0.770. The van der Waals surface area contributed by atoms with Gasteiger partial charge in [-0.05, 0) is 31.5 Å². The smallest absolute Gasteiger partial charge is 0.0817 e. The number of benzene rings is 1. The zero-order valence-electron chi connectivity index (χ0n) is 9.80. The lowest BCUT2D eigenvalue weighted by molar-refractivity contribution is 0.147. The maximum absolute atomic E-state index is 5.61. The van der Waals surface area contributed by atoms with E-state index in [1.807, 2.05) is 7.11 Å². The first-order chi connectivity index (χ1) is 7.92. The molecule has 0 spiro atoms. The number of methoxy groups -OCH3 is 1. The molecule has 1 saturated carbocycles. The van der Waals surface area contributed by atoms with Gasteiger partial charge in [0.1, 0.15) is 0 Å². The van der Waals surface area contributed by atoms with Gasteiger partial charge in [0.05, 0.1) is 6.10 Å². The van der Waals surface area contributed by atoms with E-state index in [1.165, 1.54) is 31.5 Å². The van der Waals surface area contributed by atoms with Gasteiger partial charge in [0, 0.05) is 19.1 Å². The fraction of sp³-hybridized carbons (Fsp3) is 0.571. The lowest BCUT2D eigenvalue weighted by atomic mass is 10.1. The van der Waals surface area contributed by atoms with Gasteiger partial charge < -0.3 is 4.74 Å². The predicted molar refractivity (Wildman–Crippen MR) is 64.6 cm³/mol. The number of ether oxygens (including phenoxy) is 1. The Morgan fingerprint density at radius 2 is 1.81 bits per heavy atom. The Morgan fingerprint density at radius 3 is 2.44 bits per heavy atom. The van der Waals surface area contributed by atoms with Gasteiger partial charge in [0.2, 0.25) is 0 Å². The van der Waals surface area contributed by atoms with Crippen molar-refractivity contribution < 1.29 is 4.74 Å². The van der Waals surface area contributed by atoms with Crippen LogP contribution in [0.25, 0.3) is 0 Å². The van der Waals surface area contributed by atoms with Crippen LogP contribution in [0.5, 0.6) is 0 Å². The Balaban J connectivity index is 1.76. The van der Waals surface area contributed by atoms with Crippen LogP contribution in [-0.2, 0) is 4.74 Å². The highest BCUT2D eigenvalue weighted by Crippen LogP contribution is 2.47. The van der Waals surface area contributed by atoms with Gasteiger partial charge in [-0.3, -0.25) is 4.90 Å². The molecule has 1 heterocycles. The van der Waals surface area contributed by atoms with Crippen LogP contribution in [0.1, 0.15) is 24.3 Å². The minimum atomic E-state index is 0.417. The molecule has 3 unspecified atom stereocenters. The first-order valence-electron chi connectivity index (χ1n) is 6.23. The van der Waals surface area contributed by atoms with Crippen LogP contribution in [-0.4, -0.2) is 37.2 Å². The molecule has 2 heteroatoms. The average Bonchev–Trinajstić information content (AvgIpc) is 2.82. The summed E-state index contributed by atoms with van der Waals surface area (Å²) in [6, 6.07) is 11.4. The van der Waals surface area contributed by atoms with Crippen molar-refractivity contribution in [3.8, 4) is 0 Å². The van der Waals surface area contributed by atoms with E-state index >= 15 is 0 Å². The van der Waals surface area contributed by atoms with Gasteiger partial charge in [0.15, 0.2) is 0 Å². The number of hydrogen-bond acceptors (Lipinski definition) is 2. The maximum atomic E-state index is 5.61. The molecule has 0 bridgehead atoms. The molecular formula is C14H19NO. The van der Waals surface area contributed by atoms with Crippen LogP contribution in [0.2, 0.25) is 0 Å². The van der Waals surface area contributed by atoms with E-state index in [9.17, 15) is 0 Å². The Kier molecular flexibility index (Phi) is 2.70. The highest BCUT2D eigenvalue weighted by atomic mass is 16.5. The largest absolute Gasteiger partial charge is 0.379 e. The molecule has 0 aromatic heterocycles. The normalized spacial score (nSPS) is 34.2. The fourth-order valence-corrected chi connectivity index (χ4v) is 3.09. The second-order valence-corrected chi connectivity index (χ2v) is 4.87. The number of hydrogen-bond donors (Lipinski definition) is 0. The lowest BCUT2D eigenvalue weighted by Gasteiger charge is -2.14. The van der Waals surface area contributed by atoms with E-state index in [1.54, 1.807) is 0 Å². The Hall–Kier alpha value is -0.860. The molecule has 2 fully saturated rings. The molecular weight excluding hydrogens is 198 g/mol. The summed E-state index contributed by atoms with van der Waals surface area (Å²) in [6.07, 6.45) is 3.13. The van der Waals surface area contributed by atoms with E-state index in [-0.39, 0.29) is 0 Å². The van der Waals surface area contributed by atoms with E-state index in [0.717, 1.165) is 0 Å². The Morgan fingerprint density at radius 1 is 1.12 bits per heavy atom. The summed E-state index contributed by atoms with van der Waals surface area (Å²) in [7, 11) is 1.84. The van der Waals surface area contributed by atoms with E-state index in [2.05, 4.69) is 35.2 Å². The van der Waals surface area contributed by atoms with E-state index < -0.39 is 0 Å². The predicted octanol–water partition coefficient (Wildman–Crippen LogP) is 2.26. The van der Waals surface area contributed by atoms with Gasteiger partial charge in [0.25, 0.3) is 0 Å². The van der Waals surface area contributed by atoms with Gasteiger partial charge in [-0.25, -0.2) is 0 Å². The highest BCUT2D eigenvalue weighted by molar-refractivity contribution is 5.32. The van der Waals surface area contributed by atoms with Crippen molar-refractivity contribution in [2.45, 2.75) is 30.9 Å². The summed E-state index contributed by atoms with van der Waals surface area (Å²) in [5.74, 6) is 0.601. The van der Waals surface area contributed by atoms with Crippen molar-refractivity contribution in [2.75, 3.05) is 20.2 Å². The summed E-state index contributed by atoms with van der Waals surface area (Å²) >= 11 is 0. The first kappa shape index (κ1) is 10.3. The molecule has 3 atom stereocenters. The van der Waals surface area contributed by atoms with Gasteiger partial charge in [-0.2, -0.15) is 0 Å². The highest BCUT2D eigenvalue weighted by Gasteiger charge is 2.55. The van der Waals surface area contributed by atoms with Crippen molar-refractivity contribution in [1.82, 2.24) is 4.90 Å². The lowest BCUT2D eigenvalue weighted by Crippen LogP contribution is -2.25. The summed E-state index contributed by atoms with van der Waals surface area (Å²) < 4.78 is 5.61. The third-order valence-electron chi connectivity index (χ3n) is 3.94. The van der Waals surface area contributed by atoms with E-state index in [4.69, 9.17) is 4.74 Å². The van der Waals surface area contributed by atoms with Crippen LogP contribution in [0, 0.1) is 0 Å². The number of nitrogens with zero attached hydrogens (tertiary/aromatic N) is 1. The number of likely N-dealkylation sites (tertiary alicyclic amines) is 1. The monoisotopic (exact) mass is 217 g/mol. The molecule has 1 aliphatic carbocycles. The van der Waals surface area contributed by atoms with Crippen LogP contribution in [0.3, 0.4) is 0 Å². The molecule has 2 aliphatic rings.